The first-order valence-electron chi connectivity index (χ1n) is 8.00. The molecule has 0 unspecified atom stereocenters. The molecule has 1 fully saturated rings. The molecule has 0 aliphatic carbocycles. The van der Waals surface area contributed by atoms with Crippen molar-refractivity contribution >= 4 is 5.91 Å². The predicted octanol–water partition coefficient (Wildman–Crippen LogP) is 2.00. The second-order valence-corrected chi connectivity index (χ2v) is 6.20. The summed E-state index contributed by atoms with van der Waals surface area (Å²) < 4.78 is 0. The fraction of sp³-hybridized carbons (Fsp3) is 0.389. The van der Waals surface area contributed by atoms with Crippen molar-refractivity contribution in [3.63, 3.8) is 0 Å². The first-order chi connectivity index (χ1) is 11.1. The van der Waals surface area contributed by atoms with Crippen molar-refractivity contribution in [2.24, 2.45) is 5.73 Å². The molecule has 1 atom stereocenters. The quantitative estimate of drug-likeness (QED) is 0.917. The number of amides is 1. The van der Waals surface area contributed by atoms with Crippen molar-refractivity contribution in [2.75, 3.05) is 13.1 Å². The van der Waals surface area contributed by atoms with Gasteiger partial charge in [-0.3, -0.25) is 19.7 Å². The van der Waals surface area contributed by atoms with Crippen LogP contribution in [0, 0.1) is 6.92 Å². The van der Waals surface area contributed by atoms with E-state index in [2.05, 4.69) is 41.1 Å². The van der Waals surface area contributed by atoms with Gasteiger partial charge in [-0.2, -0.15) is 0 Å². The number of rotatable bonds is 5. The van der Waals surface area contributed by atoms with E-state index in [1.165, 1.54) is 11.1 Å². The van der Waals surface area contributed by atoms with Crippen LogP contribution in [0.5, 0.6) is 0 Å². The maximum Gasteiger partial charge on any atom is 0.231 e. The molecule has 2 N–H and O–H groups in total. The summed E-state index contributed by atoms with van der Waals surface area (Å²) in [6.07, 6.45) is 6.45. The maximum atomic E-state index is 11.2. The Morgan fingerprint density at radius 2 is 2.26 bits per heavy atom. The summed E-state index contributed by atoms with van der Waals surface area (Å²) in [7, 11) is 0. The summed E-state index contributed by atoms with van der Waals surface area (Å²) in [5, 5.41) is 0. The minimum atomic E-state index is -0.291. The summed E-state index contributed by atoms with van der Waals surface area (Å²) in [4.78, 5) is 22.5. The minimum absolute atomic E-state index is 0.146. The van der Waals surface area contributed by atoms with E-state index in [9.17, 15) is 4.79 Å². The van der Waals surface area contributed by atoms with Crippen molar-refractivity contribution in [1.82, 2.24) is 14.9 Å². The molecule has 0 bridgehead atoms. The number of aromatic nitrogens is 2. The zero-order valence-corrected chi connectivity index (χ0v) is 13.4. The highest BCUT2D eigenvalue weighted by Crippen LogP contribution is 2.30. The molecule has 3 rings (SSSR count). The molecule has 5 heteroatoms. The monoisotopic (exact) mass is 310 g/mol. The fourth-order valence-electron chi connectivity index (χ4n) is 3.25. The van der Waals surface area contributed by atoms with Gasteiger partial charge in [0.15, 0.2) is 0 Å². The summed E-state index contributed by atoms with van der Waals surface area (Å²) >= 11 is 0. The second-order valence-electron chi connectivity index (χ2n) is 6.20. The van der Waals surface area contributed by atoms with Gasteiger partial charge in [-0.05, 0) is 31.9 Å². The zero-order valence-electron chi connectivity index (χ0n) is 13.4. The average Bonchev–Trinajstić information content (AvgIpc) is 2.95. The van der Waals surface area contributed by atoms with E-state index in [4.69, 9.17) is 10.7 Å². The Morgan fingerprint density at radius 3 is 3.04 bits per heavy atom. The van der Waals surface area contributed by atoms with Crippen molar-refractivity contribution in [3.05, 3.63) is 59.2 Å². The lowest BCUT2D eigenvalue weighted by atomic mass is 10.1. The van der Waals surface area contributed by atoms with E-state index in [0.29, 0.717) is 0 Å². The summed E-state index contributed by atoms with van der Waals surface area (Å²) in [5.74, 6) is -0.291. The minimum Gasteiger partial charge on any atom is -0.369 e. The highest BCUT2D eigenvalue weighted by molar-refractivity contribution is 5.76. The number of likely N-dealkylation sites (tertiary alicyclic amines) is 1. The number of nitrogens with zero attached hydrogens (tertiary/aromatic N) is 3. The van der Waals surface area contributed by atoms with E-state index < -0.39 is 0 Å². The van der Waals surface area contributed by atoms with Crippen molar-refractivity contribution in [2.45, 2.75) is 32.2 Å². The summed E-state index contributed by atoms with van der Waals surface area (Å²) in [6.45, 7) is 3.26. The van der Waals surface area contributed by atoms with Crippen molar-refractivity contribution < 1.29 is 4.79 Å². The van der Waals surface area contributed by atoms with Gasteiger partial charge in [0.2, 0.25) is 5.91 Å². The molecular weight excluding hydrogens is 288 g/mol. The molecule has 1 aliphatic rings. The molecule has 0 spiro atoms. The predicted molar refractivity (Wildman–Crippen MR) is 88.8 cm³/mol. The smallest absolute Gasteiger partial charge is 0.231 e. The Hall–Kier alpha value is -2.27. The number of benzene rings is 1. The third-order valence-corrected chi connectivity index (χ3v) is 4.23. The molecule has 1 aliphatic heterocycles. The summed E-state index contributed by atoms with van der Waals surface area (Å²) in [6, 6.07) is 8.58. The van der Waals surface area contributed by atoms with Gasteiger partial charge < -0.3 is 5.73 Å². The van der Waals surface area contributed by atoms with Gasteiger partial charge in [0, 0.05) is 18.8 Å². The van der Waals surface area contributed by atoms with Crippen molar-refractivity contribution in [3.8, 4) is 0 Å². The molecule has 1 saturated heterocycles. The van der Waals surface area contributed by atoms with Crippen molar-refractivity contribution in [1.29, 1.82) is 0 Å². The molecule has 2 aromatic rings. The van der Waals surface area contributed by atoms with Gasteiger partial charge >= 0.3 is 0 Å². The van der Waals surface area contributed by atoms with Gasteiger partial charge in [0.1, 0.15) is 0 Å². The lowest BCUT2D eigenvalue weighted by Gasteiger charge is -2.22. The van der Waals surface area contributed by atoms with Crippen LogP contribution in [0.4, 0.5) is 0 Å². The molecule has 1 aromatic heterocycles. The normalized spacial score (nSPS) is 18.2. The van der Waals surface area contributed by atoms with Gasteiger partial charge in [-0.1, -0.05) is 29.8 Å². The van der Waals surface area contributed by atoms with E-state index in [1.54, 1.807) is 0 Å². The first-order valence-corrected chi connectivity index (χ1v) is 8.00. The molecule has 1 aromatic carbocycles. The Morgan fingerprint density at radius 1 is 1.39 bits per heavy atom. The van der Waals surface area contributed by atoms with Crippen LogP contribution >= 0.6 is 0 Å². The van der Waals surface area contributed by atoms with Crippen LogP contribution in [-0.4, -0.2) is 33.9 Å². The largest absolute Gasteiger partial charge is 0.369 e. The SMILES string of the molecule is Cc1cccc(Cc2cncc([C@@H]3CCCN3CC(N)=O)n2)c1. The number of carbonyl (C=O) groups excluding carboxylic acids is 1. The van der Waals surface area contributed by atoms with Crippen LogP contribution in [0.2, 0.25) is 0 Å². The highest BCUT2D eigenvalue weighted by atomic mass is 16.1. The Kier molecular flexibility index (Phi) is 4.67. The number of hydrogen-bond donors (Lipinski definition) is 1. The standard InChI is InChI=1S/C18H22N4O/c1-13-4-2-5-14(8-13)9-15-10-20-11-16(21-15)17-6-3-7-22(17)12-18(19)23/h2,4-5,8,10-11,17H,3,6-7,9,12H2,1H3,(H2,19,23)/t17-/m0/s1. The van der Waals surface area contributed by atoms with Crippen LogP contribution in [0.1, 0.15) is 41.4 Å². The lowest BCUT2D eigenvalue weighted by molar-refractivity contribution is -0.119. The van der Waals surface area contributed by atoms with Crippen LogP contribution < -0.4 is 5.73 Å². The molecule has 120 valence electrons. The fourth-order valence-corrected chi connectivity index (χ4v) is 3.25. The highest BCUT2D eigenvalue weighted by Gasteiger charge is 2.28. The molecule has 1 amide bonds. The second kappa shape index (κ2) is 6.87. The van der Waals surface area contributed by atoms with Crippen LogP contribution in [-0.2, 0) is 11.2 Å². The number of nitrogens with two attached hydrogens (primary N) is 1. The number of carbonyl (C=O) groups is 1. The first kappa shape index (κ1) is 15.6. The number of primary amides is 1. The van der Waals surface area contributed by atoms with E-state index in [0.717, 1.165) is 37.2 Å². The Balaban J connectivity index is 1.78. The molecular formula is C18H22N4O. The van der Waals surface area contributed by atoms with E-state index in [-0.39, 0.29) is 18.5 Å². The van der Waals surface area contributed by atoms with Gasteiger partial charge in [0.05, 0.1) is 24.0 Å². The maximum absolute atomic E-state index is 11.2. The Labute approximate surface area is 136 Å². The van der Waals surface area contributed by atoms with Gasteiger partial charge in [-0.15, -0.1) is 0 Å². The van der Waals surface area contributed by atoms with E-state index >= 15 is 0 Å². The van der Waals surface area contributed by atoms with E-state index in [1.807, 2.05) is 12.4 Å². The topological polar surface area (TPSA) is 72.1 Å². The molecule has 0 radical (unpaired) electrons. The Bertz CT molecular complexity index is 701. The van der Waals surface area contributed by atoms with Gasteiger partial charge in [-0.25, -0.2) is 0 Å². The van der Waals surface area contributed by atoms with Crippen LogP contribution in [0.25, 0.3) is 0 Å². The van der Waals surface area contributed by atoms with Crippen LogP contribution in [0.15, 0.2) is 36.7 Å². The molecule has 23 heavy (non-hydrogen) atoms. The molecule has 2 heterocycles. The third-order valence-electron chi connectivity index (χ3n) is 4.23. The molecule has 5 nitrogen and oxygen atoms in total. The molecule has 0 saturated carbocycles. The van der Waals surface area contributed by atoms with Gasteiger partial charge in [0.25, 0.3) is 0 Å². The number of aryl methyl sites for hydroxylation is 1. The van der Waals surface area contributed by atoms with Crippen LogP contribution in [0.3, 0.4) is 0 Å². The third kappa shape index (κ3) is 3.93. The number of hydrogen-bond acceptors (Lipinski definition) is 4. The zero-order chi connectivity index (χ0) is 16.2. The lowest BCUT2D eigenvalue weighted by Crippen LogP contribution is -2.33. The summed E-state index contributed by atoms with van der Waals surface area (Å²) in [5.41, 5.74) is 9.72. The average molecular weight is 310 g/mol.